The second kappa shape index (κ2) is 8.27. The minimum absolute atomic E-state index is 0.0322. The molecule has 0 saturated carbocycles. The van der Waals surface area contributed by atoms with Crippen LogP contribution < -0.4 is 9.47 Å². The Morgan fingerprint density at radius 1 is 1.12 bits per heavy atom. The number of hydrogen-bond donors (Lipinski definition) is 0. The molecular formula is C28H30FN3O2. The van der Waals surface area contributed by atoms with Gasteiger partial charge in [-0.15, -0.1) is 0 Å². The minimum Gasteiger partial charge on any atom is -0.486 e. The first kappa shape index (κ1) is 21.4. The molecule has 5 nitrogen and oxygen atoms in total. The van der Waals surface area contributed by atoms with Gasteiger partial charge in [0.1, 0.15) is 18.5 Å². The average molecular weight is 460 g/mol. The van der Waals surface area contributed by atoms with Gasteiger partial charge in [-0.05, 0) is 87.2 Å². The highest BCUT2D eigenvalue weighted by Gasteiger charge is 2.28. The molecule has 2 aliphatic rings. The lowest BCUT2D eigenvalue weighted by molar-refractivity contribution is 0.0627. The molecule has 6 heteroatoms. The SMILES string of the molecule is Cc1ccc2c3c(ccc2n1)OC[C@H](CN(C)C[C@@H]1CCc2c(c4cc(F)ccc4n2C)C1)O3. The van der Waals surface area contributed by atoms with E-state index < -0.39 is 0 Å². The summed E-state index contributed by atoms with van der Waals surface area (Å²) in [6, 6.07) is 13.2. The van der Waals surface area contributed by atoms with E-state index >= 15 is 0 Å². The number of fused-ring (bicyclic) bond motifs is 6. The van der Waals surface area contributed by atoms with Gasteiger partial charge >= 0.3 is 0 Å². The summed E-state index contributed by atoms with van der Waals surface area (Å²) < 4.78 is 28.7. The second-order valence-electron chi connectivity index (χ2n) is 9.94. The molecule has 2 aromatic carbocycles. The van der Waals surface area contributed by atoms with E-state index in [1.54, 1.807) is 12.1 Å². The molecule has 0 radical (unpaired) electrons. The van der Waals surface area contributed by atoms with Crippen LogP contribution in [0.3, 0.4) is 0 Å². The van der Waals surface area contributed by atoms with Crippen molar-refractivity contribution in [2.24, 2.45) is 13.0 Å². The van der Waals surface area contributed by atoms with E-state index in [1.807, 2.05) is 31.2 Å². The van der Waals surface area contributed by atoms with Gasteiger partial charge in [0.2, 0.25) is 0 Å². The Kier molecular flexibility index (Phi) is 5.21. The molecule has 34 heavy (non-hydrogen) atoms. The first-order valence-corrected chi connectivity index (χ1v) is 12.1. The smallest absolute Gasteiger partial charge is 0.171 e. The van der Waals surface area contributed by atoms with Gasteiger partial charge in [0, 0.05) is 47.8 Å². The fourth-order valence-electron chi connectivity index (χ4n) is 5.81. The molecule has 3 heterocycles. The predicted molar refractivity (Wildman–Crippen MR) is 132 cm³/mol. The minimum atomic E-state index is -0.159. The summed E-state index contributed by atoms with van der Waals surface area (Å²) in [6.45, 7) is 4.31. The van der Waals surface area contributed by atoms with Crippen LogP contribution in [0.4, 0.5) is 4.39 Å². The highest BCUT2D eigenvalue weighted by atomic mass is 19.1. The molecule has 0 fully saturated rings. The van der Waals surface area contributed by atoms with Crippen LogP contribution in [-0.2, 0) is 19.9 Å². The van der Waals surface area contributed by atoms with Gasteiger partial charge in [0.25, 0.3) is 0 Å². The van der Waals surface area contributed by atoms with E-state index in [9.17, 15) is 4.39 Å². The van der Waals surface area contributed by atoms with Gasteiger partial charge < -0.3 is 18.9 Å². The van der Waals surface area contributed by atoms with Crippen molar-refractivity contribution < 1.29 is 13.9 Å². The zero-order valence-corrected chi connectivity index (χ0v) is 20.0. The Morgan fingerprint density at radius 3 is 2.88 bits per heavy atom. The third-order valence-electron chi connectivity index (χ3n) is 7.40. The standard InChI is InChI=1S/C28H30FN3O2/c1-17-4-7-21-24(30-17)8-11-27-28(21)34-20(16-33-27)15-31(2)14-18-5-9-25-22(12-18)23-13-19(29)6-10-26(23)32(25)3/h4,6-8,10-11,13,18,20H,5,9,12,14-16H2,1-3H3/t18-,20+/m1/s1. The van der Waals surface area contributed by atoms with Gasteiger partial charge in [0.15, 0.2) is 11.5 Å². The zero-order valence-electron chi connectivity index (χ0n) is 20.0. The monoisotopic (exact) mass is 459 g/mol. The second-order valence-corrected chi connectivity index (χ2v) is 9.94. The van der Waals surface area contributed by atoms with Crippen molar-refractivity contribution in [3.63, 3.8) is 0 Å². The summed E-state index contributed by atoms with van der Waals surface area (Å²) in [5.41, 5.74) is 5.73. The van der Waals surface area contributed by atoms with Crippen molar-refractivity contribution in [2.75, 3.05) is 26.7 Å². The first-order chi connectivity index (χ1) is 16.5. The van der Waals surface area contributed by atoms with Crippen LogP contribution >= 0.6 is 0 Å². The number of aryl methyl sites for hydroxylation is 2. The molecule has 0 spiro atoms. The normalized spacial score (nSPS) is 19.7. The lowest BCUT2D eigenvalue weighted by Crippen LogP contribution is -2.41. The highest BCUT2D eigenvalue weighted by molar-refractivity contribution is 5.88. The van der Waals surface area contributed by atoms with Gasteiger partial charge in [-0.2, -0.15) is 0 Å². The summed E-state index contributed by atoms with van der Waals surface area (Å²) in [4.78, 5) is 6.98. The third kappa shape index (κ3) is 3.70. The van der Waals surface area contributed by atoms with Crippen molar-refractivity contribution in [1.82, 2.24) is 14.5 Å². The highest BCUT2D eigenvalue weighted by Crippen LogP contribution is 2.39. The van der Waals surface area contributed by atoms with E-state index in [0.29, 0.717) is 12.5 Å². The summed E-state index contributed by atoms with van der Waals surface area (Å²) in [6.07, 6.45) is 3.14. The van der Waals surface area contributed by atoms with Gasteiger partial charge in [-0.3, -0.25) is 4.98 Å². The quantitative estimate of drug-likeness (QED) is 0.428. The summed E-state index contributed by atoms with van der Waals surface area (Å²) >= 11 is 0. The Balaban J connectivity index is 1.15. The molecule has 1 aliphatic carbocycles. The number of halogens is 1. The zero-order chi connectivity index (χ0) is 23.4. The van der Waals surface area contributed by atoms with Crippen molar-refractivity contribution in [2.45, 2.75) is 32.3 Å². The lowest BCUT2D eigenvalue weighted by atomic mass is 9.86. The largest absolute Gasteiger partial charge is 0.486 e. The Hall–Kier alpha value is -3.12. The molecule has 1 aliphatic heterocycles. The number of likely N-dealkylation sites (N-methyl/N-ethyl adjacent to an activating group) is 1. The lowest BCUT2D eigenvalue weighted by Gasteiger charge is -2.32. The van der Waals surface area contributed by atoms with E-state index in [-0.39, 0.29) is 11.9 Å². The van der Waals surface area contributed by atoms with Crippen molar-refractivity contribution in [1.29, 1.82) is 0 Å². The van der Waals surface area contributed by atoms with E-state index in [0.717, 1.165) is 71.4 Å². The Morgan fingerprint density at radius 2 is 2.00 bits per heavy atom. The number of rotatable bonds is 4. The first-order valence-electron chi connectivity index (χ1n) is 12.1. The van der Waals surface area contributed by atoms with E-state index in [4.69, 9.17) is 9.47 Å². The van der Waals surface area contributed by atoms with Crippen LogP contribution in [0.5, 0.6) is 11.5 Å². The molecule has 6 rings (SSSR count). The van der Waals surface area contributed by atoms with Crippen LogP contribution in [0.25, 0.3) is 21.8 Å². The summed E-state index contributed by atoms with van der Waals surface area (Å²) in [7, 11) is 4.26. The molecule has 0 bridgehead atoms. The maximum absolute atomic E-state index is 14.0. The van der Waals surface area contributed by atoms with Crippen molar-refractivity contribution in [3.8, 4) is 11.5 Å². The van der Waals surface area contributed by atoms with Crippen LogP contribution in [0, 0.1) is 18.7 Å². The summed E-state index contributed by atoms with van der Waals surface area (Å²) in [5.74, 6) is 1.97. The van der Waals surface area contributed by atoms with Crippen LogP contribution in [0.15, 0.2) is 42.5 Å². The van der Waals surface area contributed by atoms with Crippen LogP contribution in [0.1, 0.15) is 23.4 Å². The fourth-order valence-corrected chi connectivity index (χ4v) is 5.81. The topological polar surface area (TPSA) is 39.5 Å². The van der Waals surface area contributed by atoms with Gasteiger partial charge in [-0.25, -0.2) is 4.39 Å². The molecule has 2 atom stereocenters. The molecular weight excluding hydrogens is 429 g/mol. The van der Waals surface area contributed by atoms with Gasteiger partial charge in [-0.1, -0.05) is 0 Å². The number of nitrogens with zero attached hydrogens (tertiary/aromatic N) is 3. The third-order valence-corrected chi connectivity index (χ3v) is 7.40. The number of hydrogen-bond acceptors (Lipinski definition) is 4. The predicted octanol–water partition coefficient (Wildman–Crippen LogP) is 5.05. The fraction of sp³-hybridized carbons (Fsp3) is 0.393. The molecule has 2 aromatic heterocycles. The van der Waals surface area contributed by atoms with Crippen LogP contribution in [0.2, 0.25) is 0 Å². The maximum Gasteiger partial charge on any atom is 0.171 e. The number of benzene rings is 2. The average Bonchev–Trinajstić information content (AvgIpc) is 3.09. The Bertz CT molecular complexity index is 1400. The van der Waals surface area contributed by atoms with Crippen LogP contribution in [-0.4, -0.2) is 47.3 Å². The van der Waals surface area contributed by atoms with Gasteiger partial charge in [0.05, 0.1) is 5.52 Å². The Labute approximate surface area is 199 Å². The van der Waals surface area contributed by atoms with E-state index in [2.05, 4.69) is 34.6 Å². The molecule has 0 N–H and O–H groups in total. The van der Waals surface area contributed by atoms with E-state index in [1.165, 1.54) is 11.3 Å². The molecule has 176 valence electrons. The molecule has 0 saturated heterocycles. The number of ether oxygens (including phenoxy) is 2. The maximum atomic E-state index is 14.0. The number of pyridine rings is 1. The van der Waals surface area contributed by atoms with Crippen molar-refractivity contribution in [3.05, 3.63) is 65.2 Å². The molecule has 0 unspecified atom stereocenters. The summed E-state index contributed by atoms with van der Waals surface area (Å²) in [5, 5.41) is 2.07. The van der Waals surface area contributed by atoms with Crippen molar-refractivity contribution >= 4 is 21.8 Å². The molecule has 4 aromatic rings. The number of aromatic nitrogens is 2. The molecule has 0 amide bonds.